The lowest BCUT2D eigenvalue weighted by Gasteiger charge is -2.32. The third-order valence-electron chi connectivity index (χ3n) is 5.21. The van der Waals surface area contributed by atoms with E-state index in [0.717, 1.165) is 43.6 Å². The molecule has 1 aliphatic rings. The number of likely N-dealkylation sites (tertiary alicyclic amines) is 1. The molecule has 6 heteroatoms. The number of piperidine rings is 1. The van der Waals surface area contributed by atoms with E-state index in [2.05, 4.69) is 14.6 Å². The number of aryl methyl sites for hydroxylation is 2. The smallest absolute Gasteiger partial charge is 0.240 e. The van der Waals surface area contributed by atoms with Gasteiger partial charge in [0, 0.05) is 25.5 Å². The predicted molar refractivity (Wildman–Crippen MR) is 103 cm³/mol. The first kappa shape index (κ1) is 19.0. The van der Waals surface area contributed by atoms with Crippen LogP contribution in [0, 0.1) is 19.8 Å². The van der Waals surface area contributed by atoms with Crippen LogP contribution in [0.3, 0.4) is 0 Å². The van der Waals surface area contributed by atoms with Crippen LogP contribution in [0.25, 0.3) is 0 Å². The summed E-state index contributed by atoms with van der Waals surface area (Å²) in [5, 5.41) is 0. The van der Waals surface area contributed by atoms with Gasteiger partial charge in [0.25, 0.3) is 0 Å². The van der Waals surface area contributed by atoms with Gasteiger partial charge in [-0.05, 0) is 86.7 Å². The molecule has 1 N–H and O–H groups in total. The van der Waals surface area contributed by atoms with E-state index < -0.39 is 10.0 Å². The van der Waals surface area contributed by atoms with Crippen LogP contribution in [0.2, 0.25) is 0 Å². The topological polar surface area (TPSA) is 62.3 Å². The summed E-state index contributed by atoms with van der Waals surface area (Å²) in [4.78, 5) is 6.83. The van der Waals surface area contributed by atoms with E-state index >= 15 is 0 Å². The first-order valence-corrected chi connectivity index (χ1v) is 10.6. The Kier molecular flexibility index (Phi) is 6.06. The van der Waals surface area contributed by atoms with Crippen LogP contribution in [0.15, 0.2) is 47.6 Å². The van der Waals surface area contributed by atoms with Crippen molar-refractivity contribution in [3.63, 3.8) is 0 Å². The Hall–Kier alpha value is -1.76. The molecule has 0 bridgehead atoms. The summed E-state index contributed by atoms with van der Waals surface area (Å²) in [5.74, 6) is 0.394. The van der Waals surface area contributed by atoms with Crippen LogP contribution in [0.1, 0.15) is 29.5 Å². The number of nitrogens with one attached hydrogen (secondary N) is 1. The second kappa shape index (κ2) is 8.29. The minimum absolute atomic E-state index is 0.357. The molecule has 1 aliphatic heterocycles. The molecule has 0 saturated carbocycles. The van der Waals surface area contributed by atoms with Crippen LogP contribution in [-0.2, 0) is 16.6 Å². The fraction of sp³-hybridized carbons (Fsp3) is 0.450. The zero-order chi connectivity index (χ0) is 18.6. The highest BCUT2D eigenvalue weighted by Gasteiger charge is 2.22. The van der Waals surface area contributed by atoms with E-state index in [1.165, 1.54) is 5.56 Å². The van der Waals surface area contributed by atoms with Gasteiger partial charge in [-0.25, -0.2) is 13.1 Å². The van der Waals surface area contributed by atoms with Crippen molar-refractivity contribution in [2.75, 3.05) is 19.6 Å². The van der Waals surface area contributed by atoms with Gasteiger partial charge in [0.05, 0.1) is 4.90 Å². The van der Waals surface area contributed by atoms with Crippen LogP contribution >= 0.6 is 0 Å². The van der Waals surface area contributed by atoms with Crippen molar-refractivity contribution in [1.29, 1.82) is 0 Å². The Labute approximate surface area is 156 Å². The number of rotatable bonds is 6. The van der Waals surface area contributed by atoms with E-state index in [9.17, 15) is 8.42 Å². The molecule has 0 amide bonds. The van der Waals surface area contributed by atoms with Gasteiger partial charge in [-0.3, -0.25) is 9.88 Å². The number of hydrogen-bond donors (Lipinski definition) is 1. The zero-order valence-corrected chi connectivity index (χ0v) is 16.3. The third kappa shape index (κ3) is 4.90. The first-order valence-electron chi connectivity index (χ1n) is 9.12. The van der Waals surface area contributed by atoms with Gasteiger partial charge in [0.15, 0.2) is 0 Å². The molecule has 2 aromatic rings. The Morgan fingerprint density at radius 2 is 1.77 bits per heavy atom. The number of benzene rings is 1. The normalized spacial score (nSPS) is 16.7. The highest BCUT2D eigenvalue weighted by atomic mass is 32.2. The van der Waals surface area contributed by atoms with Gasteiger partial charge in [-0.2, -0.15) is 0 Å². The minimum atomic E-state index is -3.43. The van der Waals surface area contributed by atoms with Crippen molar-refractivity contribution < 1.29 is 8.42 Å². The molecule has 26 heavy (non-hydrogen) atoms. The largest absolute Gasteiger partial charge is 0.299 e. The lowest BCUT2D eigenvalue weighted by Crippen LogP contribution is -2.38. The summed E-state index contributed by atoms with van der Waals surface area (Å²) in [5.41, 5.74) is 3.37. The summed E-state index contributed by atoms with van der Waals surface area (Å²) in [7, 11) is -3.43. The standard InChI is InChI=1S/C20H27N3O2S/c1-16-3-4-20(13-17(16)2)26(24,25)22-14-18-7-11-23(12-8-18)15-19-5-9-21-10-6-19/h3-6,9-10,13,18,22H,7-8,11-12,14-15H2,1-2H3. The molecule has 1 fully saturated rings. The number of aromatic nitrogens is 1. The lowest BCUT2D eigenvalue weighted by molar-refractivity contribution is 0.178. The highest BCUT2D eigenvalue weighted by molar-refractivity contribution is 7.89. The van der Waals surface area contributed by atoms with Crippen LogP contribution in [0.5, 0.6) is 0 Å². The van der Waals surface area contributed by atoms with Crippen molar-refractivity contribution in [2.45, 2.75) is 38.1 Å². The van der Waals surface area contributed by atoms with E-state index in [1.54, 1.807) is 12.1 Å². The van der Waals surface area contributed by atoms with Crippen molar-refractivity contribution in [2.24, 2.45) is 5.92 Å². The molecule has 0 spiro atoms. The minimum Gasteiger partial charge on any atom is -0.299 e. The van der Waals surface area contributed by atoms with Crippen molar-refractivity contribution in [1.82, 2.24) is 14.6 Å². The van der Waals surface area contributed by atoms with Gasteiger partial charge in [0.1, 0.15) is 0 Å². The average molecular weight is 374 g/mol. The van der Waals surface area contributed by atoms with Crippen molar-refractivity contribution >= 4 is 10.0 Å². The summed E-state index contributed by atoms with van der Waals surface area (Å²) in [6, 6.07) is 9.38. The summed E-state index contributed by atoms with van der Waals surface area (Å²) < 4.78 is 27.8. The molecule has 140 valence electrons. The van der Waals surface area contributed by atoms with Gasteiger partial charge in [0.2, 0.25) is 10.0 Å². The van der Waals surface area contributed by atoms with Crippen molar-refractivity contribution in [3.05, 3.63) is 59.4 Å². The Bertz CT molecular complexity index is 829. The molecule has 1 saturated heterocycles. The van der Waals surface area contributed by atoms with Gasteiger partial charge in [-0.1, -0.05) is 6.07 Å². The number of nitrogens with zero attached hydrogens (tertiary/aromatic N) is 2. The number of sulfonamides is 1. The fourth-order valence-electron chi connectivity index (χ4n) is 3.29. The van der Waals surface area contributed by atoms with Gasteiger partial charge >= 0.3 is 0 Å². The number of hydrogen-bond acceptors (Lipinski definition) is 4. The molecule has 2 heterocycles. The maximum absolute atomic E-state index is 12.5. The zero-order valence-electron chi connectivity index (χ0n) is 15.5. The fourth-order valence-corrected chi connectivity index (χ4v) is 4.49. The maximum Gasteiger partial charge on any atom is 0.240 e. The molecule has 3 rings (SSSR count). The Balaban J connectivity index is 1.49. The quantitative estimate of drug-likeness (QED) is 0.846. The monoisotopic (exact) mass is 373 g/mol. The van der Waals surface area contributed by atoms with Crippen LogP contribution < -0.4 is 4.72 Å². The SMILES string of the molecule is Cc1ccc(S(=O)(=O)NCC2CCN(Cc3ccncc3)CC2)cc1C. The Morgan fingerprint density at radius 1 is 1.08 bits per heavy atom. The van der Waals surface area contributed by atoms with E-state index in [-0.39, 0.29) is 0 Å². The summed E-state index contributed by atoms with van der Waals surface area (Å²) in [6.07, 6.45) is 5.67. The molecule has 1 aromatic carbocycles. The molecule has 0 unspecified atom stereocenters. The molecule has 0 atom stereocenters. The average Bonchev–Trinajstić information content (AvgIpc) is 2.64. The van der Waals surface area contributed by atoms with E-state index in [4.69, 9.17) is 0 Å². The van der Waals surface area contributed by atoms with E-state index in [0.29, 0.717) is 17.4 Å². The molecule has 0 radical (unpaired) electrons. The van der Waals surface area contributed by atoms with Crippen LogP contribution in [-0.4, -0.2) is 37.9 Å². The Morgan fingerprint density at radius 3 is 2.42 bits per heavy atom. The number of pyridine rings is 1. The lowest BCUT2D eigenvalue weighted by atomic mass is 9.97. The maximum atomic E-state index is 12.5. The third-order valence-corrected chi connectivity index (χ3v) is 6.63. The van der Waals surface area contributed by atoms with E-state index in [1.807, 2.05) is 44.4 Å². The molecule has 0 aliphatic carbocycles. The van der Waals surface area contributed by atoms with Crippen molar-refractivity contribution in [3.8, 4) is 0 Å². The molecular formula is C20H27N3O2S. The first-order chi connectivity index (χ1) is 12.4. The molecule has 1 aromatic heterocycles. The summed E-state index contributed by atoms with van der Waals surface area (Å²) >= 11 is 0. The van der Waals surface area contributed by atoms with Gasteiger partial charge in [-0.15, -0.1) is 0 Å². The highest BCUT2D eigenvalue weighted by Crippen LogP contribution is 2.20. The predicted octanol–water partition coefficient (Wildman–Crippen LogP) is 2.89. The van der Waals surface area contributed by atoms with Crippen LogP contribution in [0.4, 0.5) is 0 Å². The second-order valence-corrected chi connectivity index (χ2v) is 8.94. The van der Waals surface area contributed by atoms with Gasteiger partial charge < -0.3 is 0 Å². The second-order valence-electron chi connectivity index (χ2n) is 7.17. The molecular weight excluding hydrogens is 346 g/mol. The summed E-state index contributed by atoms with van der Waals surface area (Å²) in [6.45, 7) is 7.37. The molecule has 5 nitrogen and oxygen atoms in total.